The Balaban J connectivity index is 1.04. The maximum Gasteiger partial charge on any atom is 0.352 e. The molecule has 0 bridgehead atoms. The predicted octanol–water partition coefficient (Wildman–Crippen LogP) is 5.40. The van der Waals surface area contributed by atoms with E-state index in [1.165, 1.54) is 5.57 Å². The third-order valence-corrected chi connectivity index (χ3v) is 11.5. The molecule has 2 aromatic rings. The average molecular weight is 590 g/mol. The lowest BCUT2D eigenvalue weighted by Crippen LogP contribution is -2.53. The summed E-state index contributed by atoms with van der Waals surface area (Å²) in [5.41, 5.74) is 2.92. The van der Waals surface area contributed by atoms with Crippen molar-refractivity contribution in [1.29, 1.82) is 0 Å². The van der Waals surface area contributed by atoms with Gasteiger partial charge in [0.1, 0.15) is 17.2 Å². The highest BCUT2D eigenvalue weighted by Crippen LogP contribution is 2.66. The number of oxime groups is 1. The van der Waals surface area contributed by atoms with Crippen molar-refractivity contribution in [2.24, 2.45) is 33.7 Å². The molecule has 4 aliphatic rings. The molecule has 0 unspecified atom stereocenters. The third kappa shape index (κ3) is 4.95. The first-order chi connectivity index (χ1) is 20.5. The Hall–Kier alpha value is -3.59. The minimum Gasteiger partial charge on any atom is -0.497 e. The van der Waals surface area contributed by atoms with Gasteiger partial charge < -0.3 is 30.1 Å². The summed E-state index contributed by atoms with van der Waals surface area (Å²) < 4.78 is 5.29. The molecule has 4 N–H and O–H groups in total. The van der Waals surface area contributed by atoms with Gasteiger partial charge in [0.2, 0.25) is 0 Å². The van der Waals surface area contributed by atoms with E-state index in [0.29, 0.717) is 46.7 Å². The molecular weight excluding hydrogens is 546 g/mol. The van der Waals surface area contributed by atoms with Crippen molar-refractivity contribution in [3.63, 3.8) is 0 Å². The molecule has 6 atom stereocenters. The number of allylic oxidation sites excluding steroid dienone is 4. The van der Waals surface area contributed by atoms with Crippen LogP contribution in [-0.2, 0) is 16.1 Å². The molecule has 0 aliphatic heterocycles. The number of aromatic amines is 1. The largest absolute Gasteiger partial charge is 0.497 e. The fraction of sp³-hybridized carbons (Fsp3) is 0.559. The summed E-state index contributed by atoms with van der Waals surface area (Å²) in [6.07, 6.45) is 13.1. The van der Waals surface area contributed by atoms with Crippen LogP contribution in [0, 0.1) is 28.6 Å². The smallest absolute Gasteiger partial charge is 0.352 e. The summed E-state index contributed by atoms with van der Waals surface area (Å²) >= 11 is 0. The van der Waals surface area contributed by atoms with Crippen molar-refractivity contribution >= 4 is 28.5 Å². The van der Waals surface area contributed by atoms with Gasteiger partial charge in [0.25, 0.3) is 5.91 Å². The lowest BCUT2D eigenvalue weighted by Gasteiger charge is -2.58. The number of fused-ring (bicyclic) bond motifs is 6. The van der Waals surface area contributed by atoms with Gasteiger partial charge in [0.15, 0.2) is 6.61 Å². The first-order valence-electron chi connectivity index (χ1n) is 15.5. The van der Waals surface area contributed by atoms with E-state index in [2.05, 4.69) is 41.5 Å². The maximum atomic E-state index is 12.5. The summed E-state index contributed by atoms with van der Waals surface area (Å²) in [4.78, 5) is 32.7. The van der Waals surface area contributed by atoms with E-state index < -0.39 is 11.6 Å². The highest BCUT2D eigenvalue weighted by molar-refractivity contribution is 6.05. The summed E-state index contributed by atoms with van der Waals surface area (Å²) in [6.45, 7) is 6.74. The number of methoxy groups -OCH3 is 1. The monoisotopic (exact) mass is 589 g/mol. The van der Waals surface area contributed by atoms with Gasteiger partial charge >= 0.3 is 5.97 Å². The Morgan fingerprint density at radius 2 is 1.93 bits per heavy atom. The molecular formula is C34H43N3O6. The second-order valence-corrected chi connectivity index (χ2v) is 13.6. The average Bonchev–Trinajstić information content (AvgIpc) is 3.46. The van der Waals surface area contributed by atoms with Crippen LogP contribution in [0.5, 0.6) is 5.75 Å². The predicted molar refractivity (Wildman–Crippen MR) is 164 cm³/mol. The molecule has 43 heavy (non-hydrogen) atoms. The number of aliphatic hydroxyl groups is 1. The third-order valence-electron chi connectivity index (χ3n) is 11.5. The van der Waals surface area contributed by atoms with E-state index in [0.717, 1.165) is 43.9 Å². The normalized spacial score (nSPS) is 33.8. The number of H-pyrrole nitrogens is 1. The van der Waals surface area contributed by atoms with Crippen LogP contribution < -0.4 is 10.1 Å². The Morgan fingerprint density at radius 1 is 1.14 bits per heavy atom. The Morgan fingerprint density at radius 3 is 2.70 bits per heavy atom. The molecule has 230 valence electrons. The summed E-state index contributed by atoms with van der Waals surface area (Å²) in [7, 11) is 1.56. The van der Waals surface area contributed by atoms with E-state index in [1.54, 1.807) is 25.3 Å². The first kappa shape index (κ1) is 29.5. The molecule has 0 spiro atoms. The lowest BCUT2D eigenvalue weighted by atomic mass is 9.47. The van der Waals surface area contributed by atoms with E-state index in [-0.39, 0.29) is 35.6 Å². The molecule has 0 saturated heterocycles. The summed E-state index contributed by atoms with van der Waals surface area (Å²) in [5.74, 6) is 1.00. The van der Waals surface area contributed by atoms with Gasteiger partial charge in [-0.05, 0) is 111 Å². The van der Waals surface area contributed by atoms with Crippen LogP contribution >= 0.6 is 0 Å². The molecule has 1 aromatic heterocycles. The number of amides is 1. The molecule has 1 heterocycles. The number of nitrogens with one attached hydrogen (secondary N) is 2. The Kier molecular flexibility index (Phi) is 7.43. The highest BCUT2D eigenvalue weighted by atomic mass is 16.6. The number of aromatic nitrogens is 1. The zero-order valence-electron chi connectivity index (χ0n) is 25.5. The van der Waals surface area contributed by atoms with Crippen LogP contribution in [0.15, 0.2) is 47.2 Å². The van der Waals surface area contributed by atoms with Gasteiger partial charge in [0.05, 0.1) is 12.7 Å². The molecule has 1 amide bonds. The Bertz CT molecular complexity index is 1540. The zero-order valence-corrected chi connectivity index (χ0v) is 25.5. The number of benzene rings is 1. The number of nitrogens with zero attached hydrogens (tertiary/aromatic N) is 1. The van der Waals surface area contributed by atoms with Gasteiger partial charge in [-0.1, -0.05) is 30.7 Å². The molecule has 9 heteroatoms. The molecule has 9 nitrogen and oxygen atoms in total. The SMILES string of the molecule is COc1ccc2[nH]c(C(=O)O)c(CCNC(=O)CON=C3C=C[C@@]4(C)C(=C3)CC[C@@H]3[C@H]4CC[C@@]4(C)[C@@H]3CC[C@]4(C)O)c2c1. The number of carbonyl (C=O) groups excluding carboxylic acids is 1. The minimum atomic E-state index is -1.05. The van der Waals surface area contributed by atoms with Gasteiger partial charge in [-0.2, -0.15) is 0 Å². The van der Waals surface area contributed by atoms with Crippen LogP contribution in [0.2, 0.25) is 0 Å². The van der Waals surface area contributed by atoms with Crippen LogP contribution in [0.3, 0.4) is 0 Å². The number of aromatic carboxylic acids is 1. The standard InChI is InChI=1S/C34H43N3O6/c1-32-13-9-21(17-20(32)5-7-24-26(32)10-14-33(2)27(24)11-15-34(33,3)41)37-43-19-29(38)35-16-12-23-25-18-22(42-4)6-8-28(25)36-30(23)31(39)40/h6,8-9,13,17-18,24,26-27,36,41H,5,7,10-12,14-16,19H2,1-4H3,(H,35,38)(H,39,40)/t24-,26-,27-,32+,33+,34+/m1/s1. The number of hydrogen-bond acceptors (Lipinski definition) is 6. The molecule has 3 fully saturated rings. The number of hydrogen-bond donors (Lipinski definition) is 4. The van der Waals surface area contributed by atoms with Crippen LogP contribution in [0.1, 0.15) is 75.3 Å². The van der Waals surface area contributed by atoms with Crippen molar-refractivity contribution in [2.45, 2.75) is 71.3 Å². The van der Waals surface area contributed by atoms with Crippen LogP contribution in [0.25, 0.3) is 10.9 Å². The summed E-state index contributed by atoms with van der Waals surface area (Å²) in [5, 5.41) is 28.6. The molecule has 1 aromatic carbocycles. The molecule has 6 rings (SSSR count). The van der Waals surface area contributed by atoms with Gasteiger partial charge in [-0.15, -0.1) is 0 Å². The van der Waals surface area contributed by atoms with Gasteiger partial charge in [-0.3, -0.25) is 4.79 Å². The fourth-order valence-corrected chi connectivity index (χ4v) is 8.85. The minimum absolute atomic E-state index is 0.00662. The van der Waals surface area contributed by atoms with Crippen molar-refractivity contribution in [3.8, 4) is 5.75 Å². The van der Waals surface area contributed by atoms with Crippen molar-refractivity contribution in [3.05, 3.63) is 53.3 Å². The highest BCUT2D eigenvalue weighted by Gasteiger charge is 2.62. The van der Waals surface area contributed by atoms with Crippen molar-refractivity contribution in [2.75, 3.05) is 20.3 Å². The summed E-state index contributed by atoms with van der Waals surface area (Å²) in [6, 6.07) is 5.35. The van der Waals surface area contributed by atoms with E-state index in [9.17, 15) is 19.8 Å². The first-order valence-corrected chi connectivity index (χ1v) is 15.5. The van der Waals surface area contributed by atoms with E-state index >= 15 is 0 Å². The van der Waals surface area contributed by atoms with Crippen LogP contribution in [0.4, 0.5) is 0 Å². The van der Waals surface area contributed by atoms with Gasteiger partial charge in [-0.25, -0.2) is 4.79 Å². The van der Waals surface area contributed by atoms with E-state index in [1.807, 2.05) is 13.0 Å². The Labute approximate surface area is 252 Å². The second-order valence-electron chi connectivity index (χ2n) is 13.6. The maximum absolute atomic E-state index is 12.5. The molecule has 3 saturated carbocycles. The quantitative estimate of drug-likeness (QED) is 0.305. The number of carboxylic acid groups (broad SMARTS) is 1. The molecule has 4 aliphatic carbocycles. The lowest BCUT2D eigenvalue weighted by molar-refractivity contribution is -0.125. The second kappa shape index (κ2) is 10.8. The number of ether oxygens (including phenoxy) is 1. The number of rotatable bonds is 8. The van der Waals surface area contributed by atoms with Crippen LogP contribution in [-0.4, -0.2) is 58.6 Å². The topological polar surface area (TPSA) is 133 Å². The van der Waals surface area contributed by atoms with Gasteiger partial charge in [0, 0.05) is 22.9 Å². The number of carboxylic acids is 1. The number of carbonyl (C=O) groups is 2. The zero-order chi connectivity index (χ0) is 30.6. The van der Waals surface area contributed by atoms with Crippen molar-refractivity contribution in [1.82, 2.24) is 10.3 Å². The molecule has 0 radical (unpaired) electrons. The fourth-order valence-electron chi connectivity index (χ4n) is 8.85. The van der Waals surface area contributed by atoms with Crippen molar-refractivity contribution < 1.29 is 29.4 Å². The van der Waals surface area contributed by atoms with E-state index in [4.69, 9.17) is 9.57 Å².